The summed E-state index contributed by atoms with van der Waals surface area (Å²) in [7, 11) is 0. The molecule has 2 atom stereocenters. The molecule has 1 N–H and O–H groups in total. The van der Waals surface area contributed by atoms with Crippen LogP contribution in [-0.4, -0.2) is 30.2 Å². The highest BCUT2D eigenvalue weighted by atomic mass is 16.7. The molecule has 92 valence electrons. The lowest BCUT2D eigenvalue weighted by Gasteiger charge is -2.49. The average molecular weight is 226 g/mol. The maximum Gasteiger partial charge on any atom is 0.169 e. The van der Waals surface area contributed by atoms with Gasteiger partial charge in [-0.05, 0) is 25.7 Å². The van der Waals surface area contributed by atoms with Crippen LogP contribution in [0.1, 0.15) is 51.4 Å². The zero-order valence-electron chi connectivity index (χ0n) is 9.91. The maximum absolute atomic E-state index is 10.3. The minimum atomic E-state index is -0.337. The second kappa shape index (κ2) is 3.97. The first kappa shape index (κ1) is 11.0. The van der Waals surface area contributed by atoms with Gasteiger partial charge in [0.1, 0.15) is 0 Å². The highest BCUT2D eigenvalue weighted by molar-refractivity contribution is 4.98. The monoisotopic (exact) mass is 226 g/mol. The number of hydrogen-bond donors (Lipinski definition) is 1. The van der Waals surface area contributed by atoms with E-state index in [0.717, 1.165) is 51.7 Å². The van der Waals surface area contributed by atoms with Crippen LogP contribution in [0.25, 0.3) is 0 Å². The summed E-state index contributed by atoms with van der Waals surface area (Å²) in [4.78, 5) is 0. The minimum Gasteiger partial charge on any atom is -0.393 e. The molecule has 1 heterocycles. The van der Waals surface area contributed by atoms with Gasteiger partial charge in [-0.1, -0.05) is 12.8 Å². The Morgan fingerprint density at radius 1 is 0.938 bits per heavy atom. The lowest BCUT2D eigenvalue weighted by molar-refractivity contribution is -0.221. The predicted molar refractivity (Wildman–Crippen MR) is 60.0 cm³/mol. The smallest absolute Gasteiger partial charge is 0.169 e. The number of aliphatic hydroxyl groups excluding tert-OH is 1. The normalized spacial score (nSPS) is 42.9. The lowest BCUT2D eigenvalue weighted by Crippen LogP contribution is -2.49. The molecule has 3 rings (SSSR count). The zero-order chi connectivity index (χ0) is 11.1. The van der Waals surface area contributed by atoms with Crippen LogP contribution >= 0.6 is 0 Å². The van der Waals surface area contributed by atoms with Crippen LogP contribution < -0.4 is 0 Å². The first-order chi connectivity index (χ1) is 7.75. The minimum absolute atomic E-state index is 0.0981. The molecule has 1 saturated heterocycles. The summed E-state index contributed by atoms with van der Waals surface area (Å²) >= 11 is 0. The molecule has 3 aliphatic rings. The molecular formula is C13H22O3. The van der Waals surface area contributed by atoms with E-state index in [1.54, 1.807) is 0 Å². The van der Waals surface area contributed by atoms with Gasteiger partial charge in [-0.25, -0.2) is 0 Å². The van der Waals surface area contributed by atoms with Crippen molar-refractivity contribution in [1.29, 1.82) is 0 Å². The van der Waals surface area contributed by atoms with Gasteiger partial charge >= 0.3 is 0 Å². The molecule has 0 radical (unpaired) electrons. The van der Waals surface area contributed by atoms with Crippen molar-refractivity contribution in [2.75, 3.05) is 13.2 Å². The largest absolute Gasteiger partial charge is 0.393 e. The fourth-order valence-corrected chi connectivity index (χ4v) is 3.95. The maximum atomic E-state index is 10.3. The van der Waals surface area contributed by atoms with Crippen molar-refractivity contribution in [3.63, 3.8) is 0 Å². The fraction of sp³-hybridized carbons (Fsp3) is 1.00. The molecule has 2 spiro atoms. The SMILES string of the molecule is OC1CCCC[C@@]12CCCC1(C2)OCCO1. The summed E-state index contributed by atoms with van der Waals surface area (Å²) in [6.07, 6.45) is 8.65. The molecule has 2 aliphatic carbocycles. The van der Waals surface area contributed by atoms with E-state index in [0.29, 0.717) is 0 Å². The van der Waals surface area contributed by atoms with Crippen LogP contribution in [0.15, 0.2) is 0 Å². The number of ether oxygens (including phenoxy) is 2. The van der Waals surface area contributed by atoms with E-state index in [4.69, 9.17) is 9.47 Å². The van der Waals surface area contributed by atoms with E-state index in [1.165, 1.54) is 12.8 Å². The van der Waals surface area contributed by atoms with Gasteiger partial charge in [-0.2, -0.15) is 0 Å². The summed E-state index contributed by atoms with van der Waals surface area (Å²) < 4.78 is 11.6. The van der Waals surface area contributed by atoms with Gasteiger partial charge in [0.25, 0.3) is 0 Å². The Balaban J connectivity index is 1.79. The Morgan fingerprint density at radius 2 is 1.69 bits per heavy atom. The molecule has 0 amide bonds. The second-order valence-corrected chi connectivity index (χ2v) is 5.76. The third-order valence-electron chi connectivity index (χ3n) is 4.78. The van der Waals surface area contributed by atoms with Crippen LogP contribution in [0.4, 0.5) is 0 Å². The van der Waals surface area contributed by atoms with E-state index in [-0.39, 0.29) is 17.3 Å². The summed E-state index contributed by atoms with van der Waals surface area (Å²) in [6, 6.07) is 0. The number of rotatable bonds is 0. The van der Waals surface area contributed by atoms with Gasteiger partial charge < -0.3 is 14.6 Å². The Kier molecular flexibility index (Phi) is 2.73. The van der Waals surface area contributed by atoms with Crippen molar-refractivity contribution in [1.82, 2.24) is 0 Å². The lowest BCUT2D eigenvalue weighted by atomic mass is 9.62. The van der Waals surface area contributed by atoms with Crippen molar-refractivity contribution in [3.8, 4) is 0 Å². The Hall–Kier alpha value is -0.120. The van der Waals surface area contributed by atoms with Crippen molar-refractivity contribution in [2.24, 2.45) is 5.41 Å². The quantitative estimate of drug-likeness (QED) is 0.688. The summed E-state index contributed by atoms with van der Waals surface area (Å²) in [6.45, 7) is 1.46. The topological polar surface area (TPSA) is 38.7 Å². The summed E-state index contributed by atoms with van der Waals surface area (Å²) in [5, 5.41) is 10.3. The summed E-state index contributed by atoms with van der Waals surface area (Å²) in [5.41, 5.74) is 0.0981. The van der Waals surface area contributed by atoms with Gasteiger partial charge in [-0.15, -0.1) is 0 Å². The van der Waals surface area contributed by atoms with Gasteiger partial charge in [0.15, 0.2) is 5.79 Å². The molecule has 2 saturated carbocycles. The van der Waals surface area contributed by atoms with E-state index in [9.17, 15) is 5.11 Å². The fourth-order valence-electron chi connectivity index (χ4n) is 3.95. The Morgan fingerprint density at radius 3 is 2.44 bits per heavy atom. The van der Waals surface area contributed by atoms with Crippen LogP contribution in [0.3, 0.4) is 0 Å². The first-order valence-electron chi connectivity index (χ1n) is 6.71. The number of aliphatic hydroxyl groups is 1. The second-order valence-electron chi connectivity index (χ2n) is 5.76. The molecule has 3 nitrogen and oxygen atoms in total. The van der Waals surface area contributed by atoms with Crippen molar-refractivity contribution < 1.29 is 14.6 Å². The predicted octanol–water partition coefficient (Wildman–Crippen LogP) is 2.22. The van der Waals surface area contributed by atoms with Crippen molar-refractivity contribution in [3.05, 3.63) is 0 Å². The molecule has 3 fully saturated rings. The van der Waals surface area contributed by atoms with Gasteiger partial charge in [-0.3, -0.25) is 0 Å². The standard InChI is InChI=1S/C13H22O3/c14-11-4-1-2-5-12(11)6-3-7-13(10-12)15-8-9-16-13/h11,14H,1-10H2/t11?,12-/m0/s1. The molecule has 1 unspecified atom stereocenters. The Bertz CT molecular complexity index is 256. The first-order valence-corrected chi connectivity index (χ1v) is 6.71. The third-order valence-corrected chi connectivity index (χ3v) is 4.78. The van der Waals surface area contributed by atoms with Crippen LogP contribution in [0.5, 0.6) is 0 Å². The highest BCUT2D eigenvalue weighted by Crippen LogP contribution is 2.52. The van der Waals surface area contributed by atoms with E-state index < -0.39 is 0 Å². The molecule has 1 aliphatic heterocycles. The van der Waals surface area contributed by atoms with Crippen LogP contribution in [-0.2, 0) is 9.47 Å². The Labute approximate surface area is 97.1 Å². The van der Waals surface area contributed by atoms with E-state index >= 15 is 0 Å². The molecule has 0 aromatic heterocycles. The molecule has 0 aromatic rings. The van der Waals surface area contributed by atoms with Gasteiger partial charge in [0.2, 0.25) is 0 Å². The molecule has 3 heteroatoms. The molecular weight excluding hydrogens is 204 g/mol. The van der Waals surface area contributed by atoms with E-state index in [2.05, 4.69) is 0 Å². The van der Waals surface area contributed by atoms with Crippen LogP contribution in [0.2, 0.25) is 0 Å². The van der Waals surface area contributed by atoms with Crippen molar-refractivity contribution >= 4 is 0 Å². The summed E-state index contributed by atoms with van der Waals surface area (Å²) in [5.74, 6) is -0.337. The van der Waals surface area contributed by atoms with Gasteiger partial charge in [0.05, 0.1) is 19.3 Å². The molecule has 0 aromatic carbocycles. The molecule has 0 bridgehead atoms. The van der Waals surface area contributed by atoms with Crippen molar-refractivity contribution in [2.45, 2.75) is 63.3 Å². The van der Waals surface area contributed by atoms with Crippen LogP contribution in [0, 0.1) is 5.41 Å². The van der Waals surface area contributed by atoms with Gasteiger partial charge in [0, 0.05) is 18.3 Å². The molecule has 16 heavy (non-hydrogen) atoms. The zero-order valence-corrected chi connectivity index (χ0v) is 9.91. The van der Waals surface area contributed by atoms with E-state index in [1.807, 2.05) is 0 Å². The highest BCUT2D eigenvalue weighted by Gasteiger charge is 2.51. The third kappa shape index (κ3) is 1.69. The average Bonchev–Trinajstić information content (AvgIpc) is 2.71. The number of hydrogen-bond acceptors (Lipinski definition) is 3.